The number of nitrogens with two attached hydrogens (primary N) is 1. The van der Waals surface area contributed by atoms with Crippen molar-refractivity contribution in [3.63, 3.8) is 0 Å². The average molecular weight is 372 g/mol. The Labute approximate surface area is 150 Å². The van der Waals surface area contributed by atoms with Crippen molar-refractivity contribution in [3.8, 4) is 0 Å². The summed E-state index contributed by atoms with van der Waals surface area (Å²) in [5.74, 6) is 0.953. The number of carbonyl (C=O) groups excluding carboxylic acids is 1. The Hall–Kier alpha value is -0.750. The van der Waals surface area contributed by atoms with Gasteiger partial charge in [0.15, 0.2) is 0 Å². The molecule has 2 heterocycles. The quantitative estimate of drug-likeness (QED) is 0.853. The molecule has 0 unspecified atom stereocenters. The van der Waals surface area contributed by atoms with E-state index in [0.29, 0.717) is 0 Å². The molecule has 1 fully saturated rings. The predicted molar refractivity (Wildman–Crippen MR) is 97.7 cm³/mol. The van der Waals surface area contributed by atoms with Gasteiger partial charge in [-0.25, -0.2) is 4.98 Å². The van der Waals surface area contributed by atoms with E-state index in [0.717, 1.165) is 31.7 Å². The number of hydrogen-bond donors (Lipinski definition) is 2. The van der Waals surface area contributed by atoms with Crippen LogP contribution in [-0.2, 0) is 4.79 Å². The molecule has 22 heavy (non-hydrogen) atoms. The Morgan fingerprint density at radius 3 is 2.36 bits per heavy atom. The second-order valence-corrected chi connectivity index (χ2v) is 5.25. The van der Waals surface area contributed by atoms with Crippen LogP contribution in [0.3, 0.4) is 0 Å². The Bertz CT molecular complexity index is 434. The zero-order valence-corrected chi connectivity index (χ0v) is 15.3. The van der Waals surface area contributed by atoms with Crippen molar-refractivity contribution in [2.24, 2.45) is 5.73 Å². The molecule has 0 aromatic carbocycles. The summed E-state index contributed by atoms with van der Waals surface area (Å²) >= 11 is 0. The molecule has 0 aliphatic carbocycles. The molecule has 5 nitrogen and oxygen atoms in total. The van der Waals surface area contributed by atoms with Crippen LogP contribution >= 0.6 is 37.2 Å². The second kappa shape index (κ2) is 10.9. The first-order valence-electron chi connectivity index (χ1n) is 6.80. The van der Waals surface area contributed by atoms with E-state index in [1.54, 1.807) is 6.92 Å². The van der Waals surface area contributed by atoms with E-state index in [-0.39, 0.29) is 49.2 Å². The number of anilines is 1. The molecule has 1 aromatic rings. The first-order chi connectivity index (χ1) is 9.06. The van der Waals surface area contributed by atoms with Gasteiger partial charge in [-0.15, -0.1) is 37.2 Å². The van der Waals surface area contributed by atoms with Crippen LogP contribution < -0.4 is 16.0 Å². The fourth-order valence-electron chi connectivity index (χ4n) is 2.23. The number of piperidine rings is 1. The van der Waals surface area contributed by atoms with Crippen LogP contribution in [0.2, 0.25) is 0 Å². The number of nitrogens with one attached hydrogen (secondary N) is 1. The first kappa shape index (κ1) is 23.5. The minimum atomic E-state index is -0.434. The number of carbonyl (C=O) groups is 1. The molecule has 0 saturated carbocycles. The molecule has 0 spiro atoms. The number of hydrogen-bond acceptors (Lipinski definition) is 4. The van der Waals surface area contributed by atoms with E-state index in [4.69, 9.17) is 5.73 Å². The maximum Gasteiger partial charge on any atom is 0.236 e. The summed E-state index contributed by atoms with van der Waals surface area (Å²) in [6.07, 6.45) is 3.77. The van der Waals surface area contributed by atoms with E-state index in [1.165, 1.54) is 5.56 Å². The molecular weight excluding hydrogens is 347 g/mol. The summed E-state index contributed by atoms with van der Waals surface area (Å²) < 4.78 is 0. The molecule has 1 aliphatic rings. The number of halogens is 3. The summed E-state index contributed by atoms with van der Waals surface area (Å²) in [7, 11) is 0. The smallest absolute Gasteiger partial charge is 0.236 e. The van der Waals surface area contributed by atoms with E-state index in [1.807, 2.05) is 13.1 Å². The first-order valence-corrected chi connectivity index (χ1v) is 6.80. The lowest BCUT2D eigenvalue weighted by Crippen LogP contribution is -2.49. The normalized spacial score (nSPS) is 15.7. The number of nitrogens with zero attached hydrogens (tertiary/aromatic N) is 2. The molecule has 1 aliphatic heterocycles. The van der Waals surface area contributed by atoms with Gasteiger partial charge in [-0.1, -0.05) is 6.07 Å². The van der Waals surface area contributed by atoms with Gasteiger partial charge in [0.1, 0.15) is 5.82 Å². The molecule has 1 saturated heterocycles. The summed E-state index contributed by atoms with van der Waals surface area (Å²) in [6, 6.07) is 3.93. The van der Waals surface area contributed by atoms with Gasteiger partial charge in [0.2, 0.25) is 5.91 Å². The molecule has 1 amide bonds. The zero-order chi connectivity index (χ0) is 13.8. The minimum Gasteiger partial charge on any atom is -0.356 e. The largest absolute Gasteiger partial charge is 0.356 e. The lowest BCUT2D eigenvalue weighted by atomic mass is 10.0. The Kier molecular flexibility index (Phi) is 11.6. The number of pyridine rings is 1. The van der Waals surface area contributed by atoms with Gasteiger partial charge in [0.05, 0.1) is 6.04 Å². The highest BCUT2D eigenvalue weighted by Crippen LogP contribution is 2.17. The maximum atomic E-state index is 11.5. The third kappa shape index (κ3) is 6.57. The molecule has 128 valence electrons. The van der Waals surface area contributed by atoms with Gasteiger partial charge in [-0.05, 0) is 38.3 Å². The van der Waals surface area contributed by atoms with Gasteiger partial charge in [0, 0.05) is 25.3 Å². The monoisotopic (exact) mass is 370 g/mol. The highest BCUT2D eigenvalue weighted by atomic mass is 35.5. The SMILES string of the molecule is Cc1ccc(N2CCC(NC(=O)[C@@H](C)N)CC2)nc1.Cl.Cl.Cl. The van der Waals surface area contributed by atoms with Gasteiger partial charge < -0.3 is 16.0 Å². The summed E-state index contributed by atoms with van der Waals surface area (Å²) in [6.45, 7) is 5.58. The fourth-order valence-corrected chi connectivity index (χ4v) is 2.23. The maximum absolute atomic E-state index is 11.5. The molecule has 8 heteroatoms. The molecule has 1 aromatic heterocycles. The van der Waals surface area contributed by atoms with Crippen molar-refractivity contribution >= 4 is 48.9 Å². The lowest BCUT2D eigenvalue weighted by molar-refractivity contribution is -0.122. The Morgan fingerprint density at radius 2 is 1.91 bits per heavy atom. The summed E-state index contributed by atoms with van der Waals surface area (Å²) in [5, 5.41) is 2.99. The van der Waals surface area contributed by atoms with Crippen LogP contribution in [0, 0.1) is 6.92 Å². The van der Waals surface area contributed by atoms with E-state index >= 15 is 0 Å². The van der Waals surface area contributed by atoms with Crippen molar-refractivity contribution in [1.82, 2.24) is 10.3 Å². The highest BCUT2D eigenvalue weighted by Gasteiger charge is 2.22. The standard InChI is InChI=1S/C14H22N4O.3ClH/c1-10-3-4-13(16-9-10)18-7-5-12(6-8-18)17-14(19)11(2)15;;;/h3-4,9,11-12H,5-8,15H2,1-2H3,(H,17,19);3*1H/t11-;;;/m1.../s1. The fraction of sp³-hybridized carbons (Fsp3) is 0.571. The summed E-state index contributed by atoms with van der Waals surface area (Å²) in [5.41, 5.74) is 6.72. The Balaban J connectivity index is 0. The summed E-state index contributed by atoms with van der Waals surface area (Å²) in [4.78, 5) is 18.2. The van der Waals surface area contributed by atoms with Crippen LogP contribution in [0.4, 0.5) is 5.82 Å². The van der Waals surface area contributed by atoms with Crippen LogP contribution in [0.15, 0.2) is 18.3 Å². The van der Waals surface area contributed by atoms with Crippen molar-refractivity contribution in [3.05, 3.63) is 23.9 Å². The van der Waals surface area contributed by atoms with Crippen LogP contribution in [0.25, 0.3) is 0 Å². The van der Waals surface area contributed by atoms with E-state index < -0.39 is 6.04 Å². The molecule has 0 radical (unpaired) electrons. The highest BCUT2D eigenvalue weighted by molar-refractivity contribution is 5.86. The second-order valence-electron chi connectivity index (χ2n) is 5.25. The van der Waals surface area contributed by atoms with E-state index in [9.17, 15) is 4.79 Å². The van der Waals surface area contributed by atoms with Gasteiger partial charge in [-0.2, -0.15) is 0 Å². The topological polar surface area (TPSA) is 71.2 Å². The van der Waals surface area contributed by atoms with Crippen molar-refractivity contribution in [2.45, 2.75) is 38.8 Å². The van der Waals surface area contributed by atoms with Gasteiger partial charge >= 0.3 is 0 Å². The molecule has 3 N–H and O–H groups in total. The third-order valence-corrected chi connectivity index (χ3v) is 3.47. The number of aryl methyl sites for hydroxylation is 1. The van der Waals surface area contributed by atoms with Crippen LogP contribution in [-0.4, -0.2) is 36.1 Å². The van der Waals surface area contributed by atoms with Crippen molar-refractivity contribution in [1.29, 1.82) is 0 Å². The number of amides is 1. The van der Waals surface area contributed by atoms with Gasteiger partial charge in [-0.3, -0.25) is 4.79 Å². The number of rotatable bonds is 3. The third-order valence-electron chi connectivity index (χ3n) is 3.47. The van der Waals surface area contributed by atoms with Crippen LogP contribution in [0.1, 0.15) is 25.3 Å². The van der Waals surface area contributed by atoms with E-state index in [2.05, 4.69) is 27.3 Å². The average Bonchev–Trinajstić information content (AvgIpc) is 2.40. The lowest BCUT2D eigenvalue weighted by Gasteiger charge is -2.33. The molecule has 1 atom stereocenters. The number of aromatic nitrogens is 1. The Morgan fingerprint density at radius 1 is 1.32 bits per heavy atom. The van der Waals surface area contributed by atoms with Crippen LogP contribution in [0.5, 0.6) is 0 Å². The van der Waals surface area contributed by atoms with Crippen molar-refractivity contribution < 1.29 is 4.79 Å². The van der Waals surface area contributed by atoms with Crippen molar-refractivity contribution in [2.75, 3.05) is 18.0 Å². The predicted octanol–water partition coefficient (Wildman–Crippen LogP) is 2.09. The molecule has 0 bridgehead atoms. The molecule has 2 rings (SSSR count). The minimum absolute atomic E-state index is 0. The molecular formula is C14H25Cl3N4O. The zero-order valence-electron chi connectivity index (χ0n) is 12.8. The van der Waals surface area contributed by atoms with Gasteiger partial charge in [0.25, 0.3) is 0 Å².